The van der Waals surface area contributed by atoms with Crippen molar-refractivity contribution in [1.29, 1.82) is 0 Å². The second-order valence-corrected chi connectivity index (χ2v) is 8.13. The zero-order chi connectivity index (χ0) is 20.9. The molecule has 1 atom stereocenters. The number of nitrogens with zero attached hydrogens (tertiary/aromatic N) is 2. The molecule has 0 bridgehead atoms. The van der Waals surface area contributed by atoms with Crippen molar-refractivity contribution in [2.75, 3.05) is 32.8 Å². The average molecular weight is 422 g/mol. The van der Waals surface area contributed by atoms with Gasteiger partial charge in [0.15, 0.2) is 0 Å². The molecule has 3 amide bonds. The van der Waals surface area contributed by atoms with Gasteiger partial charge in [-0.25, -0.2) is 4.79 Å². The van der Waals surface area contributed by atoms with Crippen molar-refractivity contribution in [2.24, 2.45) is 0 Å². The quantitative estimate of drug-likeness (QED) is 0.765. The topological polar surface area (TPSA) is 79.0 Å². The molecule has 2 aliphatic rings. The molecule has 2 saturated heterocycles. The lowest BCUT2D eigenvalue weighted by molar-refractivity contribution is -0.133. The minimum Gasteiger partial charge on any atom is -0.450 e. The Hall–Kier alpha value is -2.28. The predicted octanol–water partition coefficient (Wildman–Crippen LogP) is 2.61. The molecule has 0 unspecified atom stereocenters. The maximum absolute atomic E-state index is 12.7. The lowest BCUT2D eigenvalue weighted by Gasteiger charge is -2.35. The van der Waals surface area contributed by atoms with Crippen molar-refractivity contribution in [3.8, 4) is 0 Å². The van der Waals surface area contributed by atoms with E-state index in [1.54, 1.807) is 16.7 Å². The molecule has 1 aromatic rings. The van der Waals surface area contributed by atoms with Crippen LogP contribution >= 0.6 is 11.6 Å². The van der Waals surface area contributed by atoms with Gasteiger partial charge in [-0.15, -0.1) is 0 Å². The molecule has 8 heteroatoms. The minimum absolute atomic E-state index is 0.0365. The molecule has 1 N–H and O–H groups in total. The minimum atomic E-state index is -0.396. The van der Waals surface area contributed by atoms with Gasteiger partial charge >= 0.3 is 6.09 Å². The van der Waals surface area contributed by atoms with E-state index in [2.05, 4.69) is 5.32 Å². The number of amides is 3. The summed E-state index contributed by atoms with van der Waals surface area (Å²) in [7, 11) is 0. The molecular weight excluding hydrogens is 394 g/mol. The van der Waals surface area contributed by atoms with Crippen molar-refractivity contribution in [2.45, 2.75) is 44.6 Å². The zero-order valence-corrected chi connectivity index (χ0v) is 17.5. The van der Waals surface area contributed by atoms with Crippen LogP contribution < -0.4 is 5.32 Å². The molecular formula is C21H28ClN3O4. The number of nitrogens with one attached hydrogen (secondary N) is 1. The van der Waals surface area contributed by atoms with Crippen molar-refractivity contribution in [3.05, 3.63) is 34.9 Å². The van der Waals surface area contributed by atoms with Gasteiger partial charge in [-0.1, -0.05) is 23.7 Å². The molecule has 3 rings (SSSR count). The summed E-state index contributed by atoms with van der Waals surface area (Å²) in [4.78, 5) is 39.9. The largest absolute Gasteiger partial charge is 0.450 e. The number of piperazine rings is 1. The van der Waals surface area contributed by atoms with E-state index < -0.39 is 5.54 Å². The number of carbonyl (C=O) groups is 3. The van der Waals surface area contributed by atoms with Crippen LogP contribution in [0.25, 0.3) is 0 Å². The van der Waals surface area contributed by atoms with E-state index in [-0.39, 0.29) is 17.9 Å². The predicted molar refractivity (Wildman–Crippen MR) is 110 cm³/mol. The van der Waals surface area contributed by atoms with Crippen LogP contribution in [0.15, 0.2) is 24.3 Å². The van der Waals surface area contributed by atoms with Gasteiger partial charge in [0.2, 0.25) is 11.8 Å². The van der Waals surface area contributed by atoms with E-state index in [9.17, 15) is 14.4 Å². The Morgan fingerprint density at radius 1 is 1.14 bits per heavy atom. The molecule has 7 nitrogen and oxygen atoms in total. The van der Waals surface area contributed by atoms with Crippen molar-refractivity contribution in [3.63, 3.8) is 0 Å². The molecule has 158 valence electrons. The van der Waals surface area contributed by atoms with Gasteiger partial charge in [-0.3, -0.25) is 9.59 Å². The highest BCUT2D eigenvalue weighted by Gasteiger charge is 2.38. The Morgan fingerprint density at radius 3 is 2.38 bits per heavy atom. The van der Waals surface area contributed by atoms with Gasteiger partial charge in [0.25, 0.3) is 0 Å². The number of hydrogen-bond acceptors (Lipinski definition) is 4. The molecule has 29 heavy (non-hydrogen) atoms. The highest BCUT2D eigenvalue weighted by molar-refractivity contribution is 6.30. The Bertz CT molecular complexity index is 747. The molecule has 1 aromatic carbocycles. The Labute approximate surface area is 176 Å². The van der Waals surface area contributed by atoms with Crippen molar-refractivity contribution < 1.29 is 19.1 Å². The van der Waals surface area contributed by atoms with E-state index in [1.807, 2.05) is 24.3 Å². The summed E-state index contributed by atoms with van der Waals surface area (Å²) >= 11 is 5.97. The molecule has 0 aromatic heterocycles. The molecule has 2 aliphatic heterocycles. The van der Waals surface area contributed by atoms with E-state index in [4.69, 9.17) is 16.3 Å². The summed E-state index contributed by atoms with van der Waals surface area (Å²) < 4.78 is 5.01. The lowest BCUT2D eigenvalue weighted by atomic mass is 9.85. The van der Waals surface area contributed by atoms with Crippen LogP contribution in [0.5, 0.6) is 0 Å². The van der Waals surface area contributed by atoms with Crippen LogP contribution in [0.4, 0.5) is 4.79 Å². The second kappa shape index (κ2) is 9.48. The standard InChI is InChI=1S/C21H28ClN3O4/c1-2-29-20(28)25-13-11-24(12-14-25)19(27)8-10-21(9-7-18(26)23-21)15-16-3-5-17(22)6-4-16/h3-6H,2,7-15H2,1H3,(H,23,26)/t21-/m1/s1. The van der Waals surface area contributed by atoms with Gasteiger partial charge in [-0.2, -0.15) is 0 Å². The first-order chi connectivity index (χ1) is 13.9. The Kier molecular flexibility index (Phi) is 7.00. The Morgan fingerprint density at radius 2 is 1.79 bits per heavy atom. The Balaban J connectivity index is 1.54. The smallest absolute Gasteiger partial charge is 0.409 e. The lowest BCUT2D eigenvalue weighted by Crippen LogP contribution is -2.51. The monoisotopic (exact) mass is 421 g/mol. The number of halogens is 1. The number of hydrogen-bond donors (Lipinski definition) is 1. The first-order valence-electron chi connectivity index (χ1n) is 10.2. The third-order valence-electron chi connectivity index (χ3n) is 5.67. The van der Waals surface area contributed by atoms with E-state index in [0.717, 1.165) is 12.0 Å². The molecule has 2 fully saturated rings. The van der Waals surface area contributed by atoms with Crippen LogP contribution in [-0.4, -0.2) is 66.0 Å². The first kappa shape index (κ1) is 21.4. The molecule has 0 spiro atoms. The summed E-state index contributed by atoms with van der Waals surface area (Å²) in [5, 5.41) is 3.79. The maximum atomic E-state index is 12.7. The molecule has 0 radical (unpaired) electrons. The summed E-state index contributed by atoms with van der Waals surface area (Å²) in [6, 6.07) is 7.61. The number of rotatable bonds is 6. The first-order valence-corrected chi connectivity index (χ1v) is 10.5. The van der Waals surface area contributed by atoms with Crippen LogP contribution in [-0.2, 0) is 20.7 Å². The molecule has 2 heterocycles. The van der Waals surface area contributed by atoms with Crippen LogP contribution in [0.3, 0.4) is 0 Å². The molecule has 0 aliphatic carbocycles. The van der Waals surface area contributed by atoms with Gasteiger partial charge < -0.3 is 19.9 Å². The zero-order valence-electron chi connectivity index (χ0n) is 16.8. The van der Waals surface area contributed by atoms with Gasteiger partial charge in [0, 0.05) is 49.6 Å². The van der Waals surface area contributed by atoms with Crippen LogP contribution in [0, 0.1) is 0 Å². The average Bonchev–Trinajstić information content (AvgIpc) is 3.09. The van der Waals surface area contributed by atoms with Gasteiger partial charge in [0.05, 0.1) is 6.61 Å². The number of ether oxygens (including phenoxy) is 1. The van der Waals surface area contributed by atoms with Crippen molar-refractivity contribution in [1.82, 2.24) is 15.1 Å². The summed E-state index contributed by atoms with van der Waals surface area (Å²) in [5.41, 5.74) is 0.694. The summed E-state index contributed by atoms with van der Waals surface area (Å²) in [6.07, 6.45) is 2.53. The number of benzene rings is 1. The highest BCUT2D eigenvalue weighted by Crippen LogP contribution is 2.30. The molecule has 0 saturated carbocycles. The fraction of sp³-hybridized carbons (Fsp3) is 0.571. The van der Waals surface area contributed by atoms with Gasteiger partial charge in [0.1, 0.15) is 0 Å². The van der Waals surface area contributed by atoms with E-state index in [1.165, 1.54) is 0 Å². The number of carbonyl (C=O) groups excluding carboxylic acids is 3. The fourth-order valence-electron chi connectivity index (χ4n) is 4.03. The van der Waals surface area contributed by atoms with E-state index >= 15 is 0 Å². The van der Waals surface area contributed by atoms with E-state index in [0.29, 0.717) is 63.5 Å². The van der Waals surface area contributed by atoms with Crippen LogP contribution in [0.1, 0.15) is 38.2 Å². The third kappa shape index (κ3) is 5.63. The highest BCUT2D eigenvalue weighted by atomic mass is 35.5. The SMILES string of the molecule is CCOC(=O)N1CCN(C(=O)CC[C@@]2(Cc3ccc(Cl)cc3)CCC(=O)N2)CC1. The van der Waals surface area contributed by atoms with Crippen LogP contribution in [0.2, 0.25) is 5.02 Å². The second-order valence-electron chi connectivity index (χ2n) is 7.70. The summed E-state index contributed by atoms with van der Waals surface area (Å²) in [5.74, 6) is 0.0969. The van der Waals surface area contributed by atoms with Crippen molar-refractivity contribution >= 4 is 29.5 Å². The van der Waals surface area contributed by atoms with Gasteiger partial charge in [-0.05, 0) is 43.9 Å². The summed E-state index contributed by atoms with van der Waals surface area (Å²) in [6.45, 7) is 4.11. The maximum Gasteiger partial charge on any atom is 0.409 e. The normalized spacial score (nSPS) is 21.8. The fourth-order valence-corrected chi connectivity index (χ4v) is 4.16. The third-order valence-corrected chi connectivity index (χ3v) is 5.92.